The predicted molar refractivity (Wildman–Crippen MR) is 123 cm³/mol. The summed E-state index contributed by atoms with van der Waals surface area (Å²) in [5.74, 6) is 1.20. The van der Waals surface area contributed by atoms with Gasteiger partial charge in [0.1, 0.15) is 17.6 Å². The lowest BCUT2D eigenvalue weighted by molar-refractivity contribution is -0.0701. The number of thiophene rings is 1. The zero-order valence-electron chi connectivity index (χ0n) is 17.3. The minimum Gasteiger partial charge on any atom is -0.496 e. The van der Waals surface area contributed by atoms with Crippen molar-refractivity contribution in [3.05, 3.63) is 58.5 Å². The summed E-state index contributed by atoms with van der Waals surface area (Å²) in [5.41, 5.74) is 1.63. The summed E-state index contributed by atoms with van der Waals surface area (Å²) in [7, 11) is 3.15. The van der Waals surface area contributed by atoms with Crippen LogP contribution in [0.3, 0.4) is 0 Å². The molecule has 0 unspecified atom stereocenters. The summed E-state index contributed by atoms with van der Waals surface area (Å²) in [4.78, 5) is 1.18. The van der Waals surface area contributed by atoms with E-state index >= 15 is 0 Å². The second-order valence-electron chi connectivity index (χ2n) is 7.58. The molecule has 2 heterocycles. The molecule has 1 aliphatic rings. The predicted octanol–water partition coefficient (Wildman–Crippen LogP) is 2.74. The Morgan fingerprint density at radius 1 is 0.903 bits per heavy atom. The number of rotatable bonds is 6. The first-order chi connectivity index (χ1) is 15.0. The van der Waals surface area contributed by atoms with Crippen molar-refractivity contribution < 1.29 is 29.9 Å². The van der Waals surface area contributed by atoms with Crippen molar-refractivity contribution in [1.29, 1.82) is 0 Å². The molecule has 0 radical (unpaired) electrons. The van der Waals surface area contributed by atoms with Crippen molar-refractivity contribution in [3.8, 4) is 11.5 Å². The quantitative estimate of drug-likeness (QED) is 0.447. The average molecular weight is 463 g/mol. The van der Waals surface area contributed by atoms with E-state index in [0.29, 0.717) is 23.5 Å². The van der Waals surface area contributed by atoms with Crippen molar-refractivity contribution in [2.45, 2.75) is 35.2 Å². The van der Waals surface area contributed by atoms with Crippen LogP contribution in [-0.4, -0.2) is 64.8 Å². The smallest absolute Gasteiger partial charge is 0.126 e. The molecule has 166 valence electrons. The molecule has 0 aliphatic carbocycles. The van der Waals surface area contributed by atoms with Gasteiger partial charge in [0, 0.05) is 27.6 Å². The fourth-order valence-corrected chi connectivity index (χ4v) is 6.55. The molecule has 1 fully saturated rings. The second kappa shape index (κ2) is 9.36. The maximum atomic E-state index is 10.7. The van der Waals surface area contributed by atoms with Gasteiger partial charge in [-0.2, -0.15) is 0 Å². The minimum atomic E-state index is -1.36. The third kappa shape index (κ3) is 4.28. The summed E-state index contributed by atoms with van der Waals surface area (Å²) >= 11 is 2.96. The van der Waals surface area contributed by atoms with Gasteiger partial charge in [0.05, 0.1) is 43.5 Å². The van der Waals surface area contributed by atoms with E-state index in [2.05, 4.69) is 18.2 Å². The molecule has 0 spiro atoms. The van der Waals surface area contributed by atoms with Crippen LogP contribution in [0, 0.1) is 0 Å². The number of hydrogen-bond donors (Lipinski definition) is 4. The van der Waals surface area contributed by atoms with Crippen molar-refractivity contribution in [2.75, 3.05) is 20.8 Å². The first-order valence-corrected chi connectivity index (χ1v) is 11.8. The van der Waals surface area contributed by atoms with Crippen LogP contribution >= 0.6 is 23.1 Å². The SMILES string of the molecule is COc1cc(OC)c([C@@H]2S[C@H](CO)[C@@H](O)[C@H](O)[C@H]2O)cc1Cc1cc2ccccc2s1. The van der Waals surface area contributed by atoms with Gasteiger partial charge in [-0.3, -0.25) is 0 Å². The molecule has 1 aromatic heterocycles. The van der Waals surface area contributed by atoms with Gasteiger partial charge < -0.3 is 29.9 Å². The highest BCUT2D eigenvalue weighted by Gasteiger charge is 2.44. The van der Waals surface area contributed by atoms with Crippen LogP contribution in [0.25, 0.3) is 10.1 Å². The van der Waals surface area contributed by atoms with Crippen molar-refractivity contribution >= 4 is 33.2 Å². The van der Waals surface area contributed by atoms with Gasteiger partial charge in [0.15, 0.2) is 0 Å². The van der Waals surface area contributed by atoms with E-state index in [1.807, 2.05) is 18.2 Å². The zero-order chi connectivity index (χ0) is 22.1. The van der Waals surface area contributed by atoms with Crippen LogP contribution in [0.15, 0.2) is 42.5 Å². The number of ether oxygens (including phenoxy) is 2. The van der Waals surface area contributed by atoms with Gasteiger partial charge in [-0.1, -0.05) is 18.2 Å². The highest BCUT2D eigenvalue weighted by molar-refractivity contribution is 8.00. The summed E-state index contributed by atoms with van der Waals surface area (Å²) in [6.45, 7) is -0.306. The summed E-state index contributed by atoms with van der Waals surface area (Å²) < 4.78 is 12.4. The summed E-state index contributed by atoms with van der Waals surface area (Å²) in [6, 6.07) is 14.1. The molecule has 0 bridgehead atoms. The van der Waals surface area contributed by atoms with Crippen molar-refractivity contribution in [1.82, 2.24) is 0 Å². The molecule has 5 atom stereocenters. The Labute approximate surface area is 189 Å². The first-order valence-electron chi connectivity index (χ1n) is 9.99. The number of benzene rings is 2. The molecule has 3 aromatic rings. The molecule has 0 saturated carbocycles. The number of aliphatic hydroxyl groups is 4. The zero-order valence-corrected chi connectivity index (χ0v) is 18.9. The minimum absolute atomic E-state index is 0.306. The number of methoxy groups -OCH3 is 2. The summed E-state index contributed by atoms with van der Waals surface area (Å²) in [6.07, 6.45) is -3.13. The number of thioether (sulfide) groups is 1. The molecule has 2 aromatic carbocycles. The topological polar surface area (TPSA) is 99.4 Å². The lowest BCUT2D eigenvalue weighted by atomic mass is 9.94. The fourth-order valence-electron chi connectivity index (χ4n) is 4.02. The van der Waals surface area contributed by atoms with E-state index in [-0.39, 0.29) is 6.61 Å². The van der Waals surface area contributed by atoms with Crippen LogP contribution in [0.1, 0.15) is 21.3 Å². The van der Waals surface area contributed by atoms with Crippen LogP contribution in [0.2, 0.25) is 0 Å². The highest BCUT2D eigenvalue weighted by atomic mass is 32.2. The van der Waals surface area contributed by atoms with Crippen LogP contribution < -0.4 is 9.47 Å². The number of aliphatic hydroxyl groups excluding tert-OH is 4. The Bertz CT molecular complexity index is 1020. The fraction of sp³-hybridized carbons (Fsp3) is 0.391. The summed E-state index contributed by atoms with van der Waals surface area (Å²) in [5, 5.41) is 40.8. The first kappa shape index (κ1) is 22.4. The van der Waals surface area contributed by atoms with E-state index in [0.717, 1.165) is 5.56 Å². The van der Waals surface area contributed by atoms with Gasteiger partial charge >= 0.3 is 0 Å². The van der Waals surface area contributed by atoms with Crippen molar-refractivity contribution in [2.24, 2.45) is 0 Å². The van der Waals surface area contributed by atoms with Gasteiger partial charge in [-0.05, 0) is 29.1 Å². The van der Waals surface area contributed by atoms with E-state index in [1.54, 1.807) is 31.6 Å². The maximum absolute atomic E-state index is 10.7. The van der Waals surface area contributed by atoms with E-state index < -0.39 is 28.8 Å². The Balaban J connectivity index is 1.74. The monoisotopic (exact) mass is 462 g/mol. The Kier molecular flexibility index (Phi) is 6.76. The molecule has 8 heteroatoms. The Morgan fingerprint density at radius 3 is 2.32 bits per heavy atom. The molecule has 1 aliphatic heterocycles. The molecule has 4 rings (SSSR count). The van der Waals surface area contributed by atoms with Crippen LogP contribution in [-0.2, 0) is 6.42 Å². The van der Waals surface area contributed by atoms with Crippen LogP contribution in [0.5, 0.6) is 11.5 Å². The van der Waals surface area contributed by atoms with Crippen molar-refractivity contribution in [3.63, 3.8) is 0 Å². The number of fused-ring (bicyclic) bond motifs is 1. The Hall–Kier alpha value is -1.81. The average Bonchev–Trinajstić information content (AvgIpc) is 3.20. The van der Waals surface area contributed by atoms with Crippen LogP contribution in [0.4, 0.5) is 0 Å². The number of hydrogen-bond acceptors (Lipinski definition) is 8. The van der Waals surface area contributed by atoms with E-state index in [4.69, 9.17) is 9.47 Å². The molecule has 31 heavy (non-hydrogen) atoms. The third-order valence-corrected chi connectivity index (χ3v) is 8.39. The van der Waals surface area contributed by atoms with E-state index in [1.165, 1.54) is 26.7 Å². The third-order valence-electron chi connectivity index (χ3n) is 5.67. The van der Waals surface area contributed by atoms with Gasteiger partial charge in [0.25, 0.3) is 0 Å². The molecular weight excluding hydrogens is 436 g/mol. The van der Waals surface area contributed by atoms with E-state index in [9.17, 15) is 20.4 Å². The standard InChI is InChI=1S/C23H26O6S2/c1-28-16-10-17(29-2)15(23-22(27)21(26)20(25)19(11-24)31-23)9-13(16)8-14-7-12-5-3-4-6-18(12)30-14/h3-7,9-10,19-27H,8,11H2,1-2H3/t19-,20-,21+,22-,23+/m1/s1. The Morgan fingerprint density at radius 2 is 1.65 bits per heavy atom. The maximum Gasteiger partial charge on any atom is 0.126 e. The molecular formula is C23H26O6S2. The highest BCUT2D eigenvalue weighted by Crippen LogP contribution is 2.47. The molecule has 1 saturated heterocycles. The second-order valence-corrected chi connectivity index (χ2v) is 10.1. The lowest BCUT2D eigenvalue weighted by Crippen LogP contribution is -2.51. The normalized spacial score (nSPS) is 26.2. The molecule has 0 amide bonds. The van der Waals surface area contributed by atoms with Gasteiger partial charge in [-0.15, -0.1) is 23.1 Å². The lowest BCUT2D eigenvalue weighted by Gasteiger charge is -2.40. The van der Waals surface area contributed by atoms with Gasteiger partial charge in [0.2, 0.25) is 0 Å². The molecule has 4 N–H and O–H groups in total. The van der Waals surface area contributed by atoms with Gasteiger partial charge in [-0.25, -0.2) is 0 Å². The molecule has 6 nitrogen and oxygen atoms in total. The largest absolute Gasteiger partial charge is 0.496 e.